The van der Waals surface area contributed by atoms with Gasteiger partial charge >= 0.3 is 0 Å². The Balaban J connectivity index is 2.98. The Labute approximate surface area is 72.5 Å². The van der Waals surface area contributed by atoms with Crippen LogP contribution in [0, 0.1) is 12.3 Å². The molecule has 0 amide bonds. The molecule has 0 saturated heterocycles. The molecule has 58 valence electrons. The van der Waals surface area contributed by atoms with E-state index in [1.165, 1.54) is 25.7 Å². The van der Waals surface area contributed by atoms with Crippen LogP contribution in [0.1, 0.15) is 39.0 Å². The molecule has 0 radical (unpaired) electrons. The second kappa shape index (κ2) is 7.15. The van der Waals surface area contributed by atoms with Crippen LogP contribution in [0.25, 0.3) is 0 Å². The Morgan fingerprint density at radius 2 is 2.10 bits per heavy atom. The normalized spacial score (nSPS) is 12.5. The number of hydrogen-bond donors (Lipinski definition) is 0. The van der Waals surface area contributed by atoms with Crippen molar-refractivity contribution in [3.8, 4) is 12.3 Å². The highest BCUT2D eigenvalue weighted by Gasteiger charge is 1.96. The van der Waals surface area contributed by atoms with E-state index in [0.29, 0.717) is 4.83 Å². The van der Waals surface area contributed by atoms with Crippen LogP contribution in [0.4, 0.5) is 0 Å². The zero-order chi connectivity index (χ0) is 7.82. The van der Waals surface area contributed by atoms with Crippen molar-refractivity contribution >= 4 is 15.9 Å². The predicted octanol–water partition coefficient (Wildman–Crippen LogP) is 3.35. The van der Waals surface area contributed by atoms with E-state index in [0.717, 1.165) is 6.42 Å². The average molecular weight is 203 g/mol. The SMILES string of the molecule is C#CC(Br)CCCCCC. The lowest BCUT2D eigenvalue weighted by Gasteiger charge is -2.00. The summed E-state index contributed by atoms with van der Waals surface area (Å²) in [5, 5.41) is 0. The van der Waals surface area contributed by atoms with Gasteiger partial charge in [-0.2, -0.15) is 0 Å². The first kappa shape index (κ1) is 10.0. The number of halogens is 1. The van der Waals surface area contributed by atoms with Gasteiger partial charge in [0.15, 0.2) is 0 Å². The van der Waals surface area contributed by atoms with E-state index in [2.05, 4.69) is 28.8 Å². The van der Waals surface area contributed by atoms with Crippen molar-refractivity contribution in [3.05, 3.63) is 0 Å². The van der Waals surface area contributed by atoms with Gasteiger partial charge in [-0.1, -0.05) is 54.5 Å². The lowest BCUT2D eigenvalue weighted by molar-refractivity contribution is 0.647. The van der Waals surface area contributed by atoms with Crippen molar-refractivity contribution < 1.29 is 0 Å². The molecule has 0 rings (SSSR count). The fourth-order valence-electron chi connectivity index (χ4n) is 0.834. The van der Waals surface area contributed by atoms with Crippen molar-refractivity contribution in [1.82, 2.24) is 0 Å². The minimum Gasteiger partial charge on any atom is -0.119 e. The zero-order valence-electron chi connectivity index (χ0n) is 6.57. The van der Waals surface area contributed by atoms with Crippen molar-refractivity contribution in [2.75, 3.05) is 0 Å². The van der Waals surface area contributed by atoms with Gasteiger partial charge in [0.1, 0.15) is 0 Å². The van der Waals surface area contributed by atoms with E-state index < -0.39 is 0 Å². The van der Waals surface area contributed by atoms with Crippen LogP contribution in [0.3, 0.4) is 0 Å². The summed E-state index contributed by atoms with van der Waals surface area (Å²) in [5.41, 5.74) is 0. The fraction of sp³-hybridized carbons (Fsp3) is 0.778. The Hall–Kier alpha value is 0.0400. The number of rotatable bonds is 5. The highest BCUT2D eigenvalue weighted by atomic mass is 79.9. The highest BCUT2D eigenvalue weighted by Crippen LogP contribution is 2.10. The quantitative estimate of drug-likeness (QED) is 0.365. The van der Waals surface area contributed by atoms with E-state index >= 15 is 0 Å². The van der Waals surface area contributed by atoms with Crippen LogP contribution in [0.2, 0.25) is 0 Å². The lowest BCUT2D eigenvalue weighted by atomic mass is 10.1. The van der Waals surface area contributed by atoms with Crippen molar-refractivity contribution in [2.45, 2.75) is 43.9 Å². The molecule has 0 bridgehead atoms. The third-order valence-electron chi connectivity index (χ3n) is 1.49. The maximum absolute atomic E-state index is 5.19. The molecule has 1 heteroatoms. The van der Waals surface area contributed by atoms with E-state index in [4.69, 9.17) is 6.42 Å². The van der Waals surface area contributed by atoms with Gasteiger partial charge in [-0.05, 0) is 6.42 Å². The molecule has 0 aliphatic heterocycles. The molecule has 0 aliphatic carbocycles. The second-order valence-corrected chi connectivity index (χ2v) is 3.59. The third-order valence-corrected chi connectivity index (χ3v) is 2.21. The van der Waals surface area contributed by atoms with Gasteiger partial charge < -0.3 is 0 Å². The predicted molar refractivity (Wildman–Crippen MR) is 50.3 cm³/mol. The Bertz CT molecular complexity index is 102. The third kappa shape index (κ3) is 6.16. The molecule has 0 aromatic heterocycles. The monoisotopic (exact) mass is 202 g/mol. The van der Waals surface area contributed by atoms with Gasteiger partial charge in [-0.25, -0.2) is 0 Å². The first-order valence-electron chi connectivity index (χ1n) is 3.91. The van der Waals surface area contributed by atoms with Gasteiger partial charge in [0.2, 0.25) is 0 Å². The maximum Gasteiger partial charge on any atom is 0.0752 e. The molecule has 0 aromatic rings. The van der Waals surface area contributed by atoms with E-state index in [1.54, 1.807) is 0 Å². The van der Waals surface area contributed by atoms with Gasteiger partial charge in [0, 0.05) is 0 Å². The summed E-state index contributed by atoms with van der Waals surface area (Å²) < 4.78 is 0. The standard InChI is InChI=1S/C9H15Br/c1-3-5-6-7-8-9(10)4-2/h2,9H,3,5-8H2,1H3. The number of unbranched alkanes of at least 4 members (excludes halogenated alkanes) is 3. The van der Waals surface area contributed by atoms with Gasteiger partial charge in [0.05, 0.1) is 4.83 Å². The summed E-state index contributed by atoms with van der Waals surface area (Å²) in [4.78, 5) is 0.296. The van der Waals surface area contributed by atoms with Crippen LogP contribution < -0.4 is 0 Å². The number of alkyl halides is 1. The molecule has 0 aromatic carbocycles. The Morgan fingerprint density at radius 1 is 1.40 bits per heavy atom. The molecule has 0 fully saturated rings. The average Bonchev–Trinajstić information content (AvgIpc) is 1.98. The molecule has 0 nitrogen and oxygen atoms in total. The zero-order valence-corrected chi connectivity index (χ0v) is 8.15. The summed E-state index contributed by atoms with van der Waals surface area (Å²) in [6.07, 6.45) is 11.5. The summed E-state index contributed by atoms with van der Waals surface area (Å²) in [5.74, 6) is 2.66. The molecule has 10 heavy (non-hydrogen) atoms. The second-order valence-electron chi connectivity index (χ2n) is 2.48. The molecular weight excluding hydrogens is 188 g/mol. The topological polar surface area (TPSA) is 0 Å². The van der Waals surface area contributed by atoms with Gasteiger partial charge in [0.25, 0.3) is 0 Å². The molecule has 0 heterocycles. The van der Waals surface area contributed by atoms with E-state index in [9.17, 15) is 0 Å². The van der Waals surface area contributed by atoms with Crippen LogP contribution in [-0.2, 0) is 0 Å². The number of hydrogen-bond acceptors (Lipinski definition) is 0. The summed E-state index contributed by atoms with van der Waals surface area (Å²) in [6, 6.07) is 0. The van der Waals surface area contributed by atoms with E-state index in [-0.39, 0.29) is 0 Å². The summed E-state index contributed by atoms with van der Waals surface area (Å²) in [7, 11) is 0. The minimum atomic E-state index is 0.296. The molecule has 0 N–H and O–H groups in total. The lowest BCUT2D eigenvalue weighted by Crippen LogP contribution is -1.91. The molecule has 1 atom stereocenters. The molecule has 1 unspecified atom stereocenters. The van der Waals surface area contributed by atoms with E-state index in [1.807, 2.05) is 0 Å². The Kier molecular flexibility index (Phi) is 7.18. The summed E-state index contributed by atoms with van der Waals surface area (Å²) >= 11 is 3.39. The largest absolute Gasteiger partial charge is 0.119 e. The first-order valence-corrected chi connectivity index (χ1v) is 4.83. The van der Waals surface area contributed by atoms with Crippen LogP contribution in [-0.4, -0.2) is 4.83 Å². The van der Waals surface area contributed by atoms with Crippen molar-refractivity contribution in [3.63, 3.8) is 0 Å². The smallest absolute Gasteiger partial charge is 0.0752 e. The molecular formula is C9H15Br. The van der Waals surface area contributed by atoms with Crippen molar-refractivity contribution in [1.29, 1.82) is 0 Å². The fourth-order valence-corrected chi connectivity index (χ4v) is 1.16. The molecule has 0 aliphatic rings. The minimum absolute atomic E-state index is 0.296. The summed E-state index contributed by atoms with van der Waals surface area (Å²) in [6.45, 7) is 2.22. The van der Waals surface area contributed by atoms with Crippen LogP contribution in [0.15, 0.2) is 0 Å². The van der Waals surface area contributed by atoms with Gasteiger partial charge in [-0.15, -0.1) is 6.42 Å². The molecule has 0 saturated carbocycles. The van der Waals surface area contributed by atoms with Crippen molar-refractivity contribution in [2.24, 2.45) is 0 Å². The van der Waals surface area contributed by atoms with Gasteiger partial charge in [-0.3, -0.25) is 0 Å². The van der Waals surface area contributed by atoms with Crippen LogP contribution in [0.5, 0.6) is 0 Å². The van der Waals surface area contributed by atoms with Crippen LogP contribution >= 0.6 is 15.9 Å². The highest BCUT2D eigenvalue weighted by molar-refractivity contribution is 9.09. The molecule has 0 spiro atoms. The number of terminal acetylenes is 1. The Morgan fingerprint density at radius 3 is 2.60 bits per heavy atom. The first-order chi connectivity index (χ1) is 4.81. The maximum atomic E-state index is 5.19.